The van der Waals surface area contributed by atoms with Crippen molar-refractivity contribution in [3.8, 4) is 0 Å². The number of carbonyl (C=O) groups is 4. The van der Waals surface area contributed by atoms with Crippen LogP contribution < -0.4 is 15.4 Å². The predicted octanol–water partition coefficient (Wildman–Crippen LogP) is 3.58. The standard InChI is InChI=1S/C34H43ClN6O7S/c1-5-21-15-34(21,31(44)39-49(46,47)24-11-12-24)38-29(42)27-14-23(48-32(45)40-17-20-8-6-10-26(35)25(20)19-40)18-41(27)30(43)28(33(2,3)4)37-22-9-7-13-36-16-22/h6-10,13,16,21,23-24,27-28,37H,5,11-12,14-15,17-19H2,1-4H3,(H,38,42)(H,39,44)/t21-,23-,27+,28-,34?/m1/s1. The lowest BCUT2D eigenvalue weighted by Gasteiger charge is -2.36. The van der Waals surface area contributed by atoms with Crippen molar-refractivity contribution in [1.29, 1.82) is 0 Å². The van der Waals surface area contributed by atoms with Crippen LogP contribution in [0.5, 0.6) is 0 Å². The van der Waals surface area contributed by atoms with Gasteiger partial charge in [0.05, 0.1) is 24.0 Å². The van der Waals surface area contributed by atoms with Crippen LogP contribution in [0.25, 0.3) is 0 Å². The molecule has 6 rings (SSSR count). The second-order valence-corrected chi connectivity index (χ2v) is 17.0. The Morgan fingerprint density at radius 1 is 1.12 bits per heavy atom. The number of hydrogen-bond acceptors (Lipinski definition) is 9. The Bertz CT molecular complexity index is 1750. The molecule has 1 saturated heterocycles. The van der Waals surface area contributed by atoms with Crippen molar-refractivity contribution in [2.75, 3.05) is 11.9 Å². The summed E-state index contributed by atoms with van der Waals surface area (Å²) in [6.45, 7) is 8.08. The van der Waals surface area contributed by atoms with Crippen molar-refractivity contribution < 1.29 is 32.3 Å². The van der Waals surface area contributed by atoms with Crippen molar-refractivity contribution in [3.05, 3.63) is 58.9 Å². The van der Waals surface area contributed by atoms with Crippen LogP contribution in [-0.4, -0.2) is 82.5 Å². The average molecular weight is 715 g/mol. The summed E-state index contributed by atoms with van der Waals surface area (Å²) in [7, 11) is -3.85. The fourth-order valence-corrected chi connectivity index (χ4v) is 8.44. The molecule has 2 saturated carbocycles. The van der Waals surface area contributed by atoms with E-state index in [9.17, 15) is 27.6 Å². The topological polar surface area (TPSA) is 167 Å². The Morgan fingerprint density at radius 2 is 1.88 bits per heavy atom. The van der Waals surface area contributed by atoms with Gasteiger partial charge in [0.15, 0.2) is 0 Å². The average Bonchev–Trinajstić information content (AvgIpc) is 3.94. The summed E-state index contributed by atoms with van der Waals surface area (Å²) >= 11 is 6.36. The molecule has 4 amide bonds. The Labute approximate surface area is 291 Å². The van der Waals surface area contributed by atoms with E-state index >= 15 is 0 Å². The first-order valence-corrected chi connectivity index (χ1v) is 18.6. The van der Waals surface area contributed by atoms with E-state index in [1.165, 1.54) is 9.80 Å². The number of ether oxygens (including phenoxy) is 1. The van der Waals surface area contributed by atoms with Crippen LogP contribution in [0.1, 0.15) is 70.9 Å². The van der Waals surface area contributed by atoms with Crippen LogP contribution in [-0.2, 0) is 42.2 Å². The highest BCUT2D eigenvalue weighted by Crippen LogP contribution is 2.47. The molecule has 5 atom stereocenters. The molecule has 1 unspecified atom stereocenters. The Kier molecular flexibility index (Phi) is 9.33. The number of halogens is 1. The smallest absolute Gasteiger partial charge is 0.410 e. The summed E-state index contributed by atoms with van der Waals surface area (Å²) in [5.74, 6) is -2.05. The van der Waals surface area contributed by atoms with Crippen LogP contribution in [0.3, 0.4) is 0 Å². The lowest BCUT2D eigenvalue weighted by molar-refractivity contribution is -0.141. The van der Waals surface area contributed by atoms with Gasteiger partial charge < -0.3 is 20.3 Å². The number of aromatic nitrogens is 1. The maximum atomic E-state index is 14.4. The molecule has 264 valence electrons. The number of nitrogens with one attached hydrogen (secondary N) is 3. The SMILES string of the molecule is CC[C@@H]1CC1(NC(=O)[C@@H]1C[C@@H](OC(=O)N2Cc3cccc(Cl)c3C2)CN1C(=O)[C@@H](Nc1cccnc1)C(C)(C)C)C(=O)NS(=O)(=O)C1CC1. The number of fused-ring (bicyclic) bond motifs is 1. The third kappa shape index (κ3) is 7.21. The molecule has 13 nitrogen and oxygen atoms in total. The van der Waals surface area contributed by atoms with Gasteiger partial charge in [0, 0.05) is 30.4 Å². The summed E-state index contributed by atoms with van der Waals surface area (Å²) in [6.07, 6.45) is 3.56. The molecule has 1 aromatic heterocycles. The number of hydrogen-bond donors (Lipinski definition) is 3. The fraction of sp³-hybridized carbons (Fsp3) is 0.559. The zero-order chi connectivity index (χ0) is 35.3. The van der Waals surface area contributed by atoms with Gasteiger partial charge in [0.2, 0.25) is 21.8 Å². The van der Waals surface area contributed by atoms with E-state index in [0.29, 0.717) is 36.5 Å². The highest BCUT2D eigenvalue weighted by atomic mass is 35.5. The number of carbonyl (C=O) groups excluding carboxylic acids is 4. The number of likely N-dealkylation sites (tertiary alicyclic amines) is 1. The van der Waals surface area contributed by atoms with Crippen LogP contribution in [0.2, 0.25) is 5.02 Å². The predicted molar refractivity (Wildman–Crippen MR) is 182 cm³/mol. The molecule has 15 heteroatoms. The quantitative estimate of drug-likeness (QED) is 0.333. The minimum absolute atomic E-state index is 0.0104. The van der Waals surface area contributed by atoms with Gasteiger partial charge >= 0.3 is 6.09 Å². The minimum Gasteiger partial charge on any atom is -0.444 e. The molecule has 3 N–H and O–H groups in total. The zero-order valence-corrected chi connectivity index (χ0v) is 29.6. The Morgan fingerprint density at radius 3 is 2.49 bits per heavy atom. The summed E-state index contributed by atoms with van der Waals surface area (Å²) in [5, 5.41) is 6.06. The van der Waals surface area contributed by atoms with Crippen LogP contribution >= 0.6 is 11.6 Å². The van der Waals surface area contributed by atoms with Gasteiger partial charge in [-0.25, -0.2) is 13.2 Å². The molecule has 3 heterocycles. The number of sulfonamides is 1. The van der Waals surface area contributed by atoms with E-state index in [1.807, 2.05) is 39.8 Å². The second-order valence-electron chi connectivity index (χ2n) is 14.6. The third-order valence-corrected chi connectivity index (χ3v) is 12.1. The lowest BCUT2D eigenvalue weighted by Crippen LogP contribution is -2.58. The van der Waals surface area contributed by atoms with Gasteiger partial charge in [0.25, 0.3) is 5.91 Å². The zero-order valence-electron chi connectivity index (χ0n) is 28.1. The van der Waals surface area contributed by atoms with E-state index in [0.717, 1.165) is 11.1 Å². The molecule has 2 aliphatic carbocycles. The lowest BCUT2D eigenvalue weighted by atomic mass is 9.85. The molecule has 0 bridgehead atoms. The number of pyridine rings is 1. The van der Waals surface area contributed by atoms with Crippen molar-refractivity contribution >= 4 is 51.1 Å². The highest BCUT2D eigenvalue weighted by Gasteiger charge is 2.62. The molecular weight excluding hydrogens is 672 g/mol. The number of nitrogens with zero attached hydrogens (tertiary/aromatic N) is 3. The molecule has 1 aromatic carbocycles. The van der Waals surface area contributed by atoms with E-state index in [1.54, 1.807) is 30.6 Å². The number of amides is 4. The first-order chi connectivity index (χ1) is 23.1. The van der Waals surface area contributed by atoms with Crippen molar-refractivity contribution in [2.45, 2.75) is 102 Å². The van der Waals surface area contributed by atoms with Gasteiger partial charge in [-0.3, -0.25) is 29.0 Å². The van der Waals surface area contributed by atoms with E-state index in [-0.39, 0.29) is 31.8 Å². The first-order valence-electron chi connectivity index (χ1n) is 16.7. The summed E-state index contributed by atoms with van der Waals surface area (Å²) in [4.78, 5) is 62.5. The normalized spacial score (nSPS) is 25.3. The van der Waals surface area contributed by atoms with Crippen molar-refractivity contribution in [3.63, 3.8) is 0 Å². The molecule has 3 fully saturated rings. The number of anilines is 1. The van der Waals surface area contributed by atoms with E-state index in [4.69, 9.17) is 16.3 Å². The van der Waals surface area contributed by atoms with Crippen molar-refractivity contribution in [2.24, 2.45) is 11.3 Å². The van der Waals surface area contributed by atoms with Gasteiger partial charge in [0.1, 0.15) is 23.7 Å². The van der Waals surface area contributed by atoms with Gasteiger partial charge in [-0.2, -0.15) is 0 Å². The summed E-state index contributed by atoms with van der Waals surface area (Å²) in [5.41, 5.74) is 0.336. The van der Waals surface area contributed by atoms with Crippen LogP contribution in [0, 0.1) is 11.3 Å². The molecule has 0 radical (unpaired) electrons. The summed E-state index contributed by atoms with van der Waals surface area (Å²) in [6, 6.07) is 7.11. The molecular formula is C34H43ClN6O7S. The summed E-state index contributed by atoms with van der Waals surface area (Å²) < 4.78 is 33.4. The third-order valence-electron chi connectivity index (χ3n) is 9.93. The van der Waals surface area contributed by atoms with Gasteiger partial charge in [-0.15, -0.1) is 0 Å². The van der Waals surface area contributed by atoms with E-state index in [2.05, 4.69) is 20.3 Å². The largest absolute Gasteiger partial charge is 0.444 e. The Hall–Kier alpha value is -3.91. The fourth-order valence-electron chi connectivity index (χ4n) is 6.83. The molecule has 0 spiro atoms. The maximum Gasteiger partial charge on any atom is 0.410 e. The van der Waals surface area contributed by atoms with Crippen LogP contribution in [0.15, 0.2) is 42.7 Å². The minimum atomic E-state index is -3.85. The maximum absolute atomic E-state index is 14.4. The van der Waals surface area contributed by atoms with Gasteiger partial charge in [-0.05, 0) is 59.9 Å². The molecule has 49 heavy (non-hydrogen) atoms. The number of rotatable bonds is 10. The van der Waals surface area contributed by atoms with Crippen LogP contribution in [0.4, 0.5) is 10.5 Å². The monoisotopic (exact) mass is 714 g/mol. The van der Waals surface area contributed by atoms with Crippen molar-refractivity contribution in [1.82, 2.24) is 24.8 Å². The first kappa shape index (κ1) is 34.9. The highest BCUT2D eigenvalue weighted by molar-refractivity contribution is 7.91. The van der Waals surface area contributed by atoms with Gasteiger partial charge in [-0.1, -0.05) is 57.8 Å². The molecule has 2 aliphatic heterocycles. The Balaban J connectivity index is 1.23. The second kappa shape index (κ2) is 13.1. The molecule has 4 aliphatic rings. The van der Waals surface area contributed by atoms with E-state index < -0.39 is 68.2 Å². The number of benzene rings is 1. The molecule has 2 aromatic rings.